The fourth-order valence-corrected chi connectivity index (χ4v) is 3.36. The largest absolute Gasteiger partial charge is 0.342 e. The van der Waals surface area contributed by atoms with Crippen molar-refractivity contribution < 1.29 is 13.8 Å². The Morgan fingerprint density at radius 3 is 2.74 bits per heavy atom. The predicted molar refractivity (Wildman–Crippen MR) is 96.0 cm³/mol. The smallest absolute Gasteiger partial charge is 0.236 e. The summed E-state index contributed by atoms with van der Waals surface area (Å²) in [6.45, 7) is 2.99. The molecular formula is C18H18ClN5O3. The summed E-state index contributed by atoms with van der Waals surface area (Å²) in [5, 5.41) is 8.40. The number of nitrogens with zero attached hydrogens (tertiary/aromatic N) is 5. The first-order valence-electron chi connectivity index (χ1n) is 8.75. The number of benzene rings is 1. The van der Waals surface area contributed by atoms with Gasteiger partial charge in [0.05, 0.1) is 0 Å². The first kappa shape index (κ1) is 17.7. The molecule has 0 unspecified atom stereocenters. The Hall–Kier alpha value is -2.74. The van der Waals surface area contributed by atoms with Crippen LogP contribution in [0, 0.1) is 6.92 Å². The monoisotopic (exact) mass is 387 g/mol. The van der Waals surface area contributed by atoms with E-state index in [1.165, 1.54) is 0 Å². The van der Waals surface area contributed by atoms with Crippen molar-refractivity contribution >= 4 is 17.5 Å². The molecule has 8 nitrogen and oxygen atoms in total. The van der Waals surface area contributed by atoms with E-state index in [0.29, 0.717) is 41.5 Å². The van der Waals surface area contributed by atoms with Gasteiger partial charge in [0.25, 0.3) is 0 Å². The van der Waals surface area contributed by atoms with Gasteiger partial charge in [0.2, 0.25) is 23.5 Å². The molecule has 0 atom stereocenters. The molecule has 0 bridgehead atoms. The molecule has 1 fully saturated rings. The number of piperidine rings is 1. The molecule has 9 heteroatoms. The van der Waals surface area contributed by atoms with Crippen LogP contribution >= 0.6 is 11.6 Å². The topological polar surface area (TPSA) is 98.2 Å². The Morgan fingerprint density at radius 1 is 1.22 bits per heavy atom. The van der Waals surface area contributed by atoms with Gasteiger partial charge < -0.3 is 13.9 Å². The van der Waals surface area contributed by atoms with E-state index in [4.69, 9.17) is 20.6 Å². The van der Waals surface area contributed by atoms with Crippen LogP contribution in [0.2, 0.25) is 5.02 Å². The molecule has 4 rings (SSSR count). The number of aromatic nitrogens is 4. The minimum absolute atomic E-state index is 0.0118. The average molecular weight is 388 g/mol. The molecule has 1 aromatic carbocycles. The van der Waals surface area contributed by atoms with Crippen molar-refractivity contribution in [3.05, 3.63) is 46.9 Å². The van der Waals surface area contributed by atoms with Crippen LogP contribution in [0.15, 0.2) is 33.3 Å². The van der Waals surface area contributed by atoms with E-state index in [-0.39, 0.29) is 18.2 Å². The highest BCUT2D eigenvalue weighted by Gasteiger charge is 2.28. The fourth-order valence-electron chi connectivity index (χ4n) is 3.17. The van der Waals surface area contributed by atoms with E-state index in [0.717, 1.165) is 18.4 Å². The zero-order chi connectivity index (χ0) is 18.8. The second-order valence-corrected chi connectivity index (χ2v) is 6.97. The zero-order valence-electron chi connectivity index (χ0n) is 14.8. The van der Waals surface area contributed by atoms with Crippen LogP contribution < -0.4 is 0 Å². The van der Waals surface area contributed by atoms with Gasteiger partial charge >= 0.3 is 0 Å². The number of hydrogen-bond donors (Lipinski definition) is 0. The van der Waals surface area contributed by atoms with Gasteiger partial charge in [-0.05, 0) is 31.9 Å². The number of hydrogen-bond acceptors (Lipinski definition) is 7. The Balaban J connectivity index is 1.36. The SMILES string of the molecule is Cc1noc(CC(=O)N2CCC(c3nc(-c4cccc(Cl)c4)no3)CC2)n1. The summed E-state index contributed by atoms with van der Waals surface area (Å²) < 4.78 is 10.5. The number of amides is 1. The van der Waals surface area contributed by atoms with Crippen molar-refractivity contribution in [1.29, 1.82) is 0 Å². The van der Waals surface area contributed by atoms with Crippen molar-refractivity contribution in [3.8, 4) is 11.4 Å². The number of carbonyl (C=O) groups excluding carboxylic acids is 1. The van der Waals surface area contributed by atoms with Crippen molar-refractivity contribution in [1.82, 2.24) is 25.2 Å². The number of rotatable bonds is 4. The van der Waals surface area contributed by atoms with Gasteiger partial charge in [-0.25, -0.2) is 0 Å². The highest BCUT2D eigenvalue weighted by Crippen LogP contribution is 2.29. The van der Waals surface area contributed by atoms with Crippen LogP contribution in [-0.2, 0) is 11.2 Å². The Kier molecular flexibility index (Phi) is 4.89. The van der Waals surface area contributed by atoms with Gasteiger partial charge in [0.1, 0.15) is 6.42 Å². The first-order chi connectivity index (χ1) is 13.1. The highest BCUT2D eigenvalue weighted by atomic mass is 35.5. The van der Waals surface area contributed by atoms with E-state index in [2.05, 4.69) is 20.3 Å². The Bertz CT molecular complexity index is 946. The van der Waals surface area contributed by atoms with Crippen LogP contribution in [-0.4, -0.2) is 44.2 Å². The lowest BCUT2D eigenvalue weighted by molar-refractivity contribution is -0.132. The fraction of sp³-hybridized carbons (Fsp3) is 0.389. The maximum atomic E-state index is 12.4. The summed E-state index contributed by atoms with van der Waals surface area (Å²) >= 11 is 6.02. The lowest BCUT2D eigenvalue weighted by atomic mass is 9.96. The molecule has 3 heterocycles. The van der Waals surface area contributed by atoms with Gasteiger partial charge in [-0.1, -0.05) is 34.0 Å². The maximum absolute atomic E-state index is 12.4. The molecule has 2 aromatic heterocycles. The molecule has 27 heavy (non-hydrogen) atoms. The lowest BCUT2D eigenvalue weighted by Crippen LogP contribution is -2.38. The third kappa shape index (κ3) is 4.00. The minimum atomic E-state index is -0.0118. The van der Waals surface area contributed by atoms with Gasteiger partial charge in [0, 0.05) is 29.6 Å². The summed E-state index contributed by atoms with van der Waals surface area (Å²) in [7, 11) is 0. The molecule has 1 amide bonds. The highest BCUT2D eigenvalue weighted by molar-refractivity contribution is 6.30. The summed E-state index contributed by atoms with van der Waals surface area (Å²) in [6, 6.07) is 7.34. The van der Waals surface area contributed by atoms with Crippen LogP contribution in [0.4, 0.5) is 0 Å². The van der Waals surface area contributed by atoms with E-state index in [1.807, 2.05) is 17.0 Å². The van der Waals surface area contributed by atoms with Crippen LogP contribution in [0.25, 0.3) is 11.4 Å². The number of carbonyl (C=O) groups is 1. The first-order valence-corrected chi connectivity index (χ1v) is 9.13. The molecule has 1 saturated heterocycles. The second kappa shape index (κ2) is 7.48. The number of aryl methyl sites for hydroxylation is 1. The zero-order valence-corrected chi connectivity index (χ0v) is 15.5. The van der Waals surface area contributed by atoms with Crippen LogP contribution in [0.3, 0.4) is 0 Å². The summed E-state index contributed by atoms with van der Waals surface area (Å²) in [6.07, 6.45) is 1.67. The van der Waals surface area contributed by atoms with E-state index in [9.17, 15) is 4.79 Å². The third-order valence-electron chi connectivity index (χ3n) is 4.59. The molecule has 0 spiro atoms. The van der Waals surface area contributed by atoms with Crippen LogP contribution in [0.5, 0.6) is 0 Å². The van der Waals surface area contributed by atoms with Gasteiger partial charge in [-0.2, -0.15) is 9.97 Å². The van der Waals surface area contributed by atoms with Crippen molar-refractivity contribution in [2.75, 3.05) is 13.1 Å². The van der Waals surface area contributed by atoms with Crippen LogP contribution in [0.1, 0.15) is 36.4 Å². The second-order valence-electron chi connectivity index (χ2n) is 6.53. The van der Waals surface area contributed by atoms with E-state index < -0.39 is 0 Å². The number of halogens is 1. The molecule has 0 N–H and O–H groups in total. The molecule has 140 valence electrons. The third-order valence-corrected chi connectivity index (χ3v) is 4.83. The molecular weight excluding hydrogens is 370 g/mol. The quantitative estimate of drug-likeness (QED) is 0.678. The maximum Gasteiger partial charge on any atom is 0.236 e. The average Bonchev–Trinajstić information content (AvgIpc) is 3.31. The Morgan fingerprint density at radius 2 is 2.04 bits per heavy atom. The number of likely N-dealkylation sites (tertiary alicyclic amines) is 1. The lowest BCUT2D eigenvalue weighted by Gasteiger charge is -2.30. The van der Waals surface area contributed by atoms with Gasteiger partial charge in [-0.15, -0.1) is 0 Å². The normalized spacial score (nSPS) is 15.3. The predicted octanol–water partition coefficient (Wildman–Crippen LogP) is 3.03. The molecule has 3 aromatic rings. The standard InChI is InChI=1S/C18H18ClN5O3/c1-11-20-15(26-22-11)10-16(25)24-7-5-12(6-8-24)18-21-17(23-27-18)13-3-2-4-14(19)9-13/h2-4,9,12H,5-8,10H2,1H3. The van der Waals surface area contributed by atoms with Gasteiger partial charge in [-0.3, -0.25) is 4.79 Å². The van der Waals surface area contributed by atoms with Gasteiger partial charge in [0.15, 0.2) is 5.82 Å². The van der Waals surface area contributed by atoms with E-state index in [1.54, 1.807) is 19.1 Å². The molecule has 0 saturated carbocycles. The summed E-state index contributed by atoms with van der Waals surface area (Å²) in [4.78, 5) is 22.8. The summed E-state index contributed by atoms with van der Waals surface area (Å²) in [5.41, 5.74) is 0.819. The molecule has 0 aliphatic carbocycles. The van der Waals surface area contributed by atoms with E-state index >= 15 is 0 Å². The Labute approximate surface area is 160 Å². The summed E-state index contributed by atoms with van der Waals surface area (Å²) in [5.74, 6) is 2.14. The molecule has 0 radical (unpaired) electrons. The minimum Gasteiger partial charge on any atom is -0.342 e. The molecule has 1 aliphatic heterocycles. The molecule has 1 aliphatic rings. The van der Waals surface area contributed by atoms with Crippen molar-refractivity contribution in [3.63, 3.8) is 0 Å². The van der Waals surface area contributed by atoms with Crippen molar-refractivity contribution in [2.45, 2.75) is 32.1 Å². The van der Waals surface area contributed by atoms with Crippen molar-refractivity contribution in [2.24, 2.45) is 0 Å².